The number of aliphatic carboxylic acids is 1. The van der Waals surface area contributed by atoms with Crippen molar-refractivity contribution in [2.45, 2.75) is 19.4 Å². The first-order valence-electron chi connectivity index (χ1n) is 5.31. The number of benzene rings is 1. The van der Waals surface area contributed by atoms with Crippen molar-refractivity contribution < 1.29 is 14.7 Å². The first kappa shape index (κ1) is 12.1. The van der Waals surface area contributed by atoms with Gasteiger partial charge in [-0.1, -0.05) is 28.1 Å². The second kappa shape index (κ2) is 4.49. The molecule has 0 saturated heterocycles. The van der Waals surface area contributed by atoms with Gasteiger partial charge in [0, 0.05) is 11.0 Å². The lowest BCUT2D eigenvalue weighted by Gasteiger charge is -2.10. The van der Waals surface area contributed by atoms with Crippen molar-refractivity contribution in [1.29, 1.82) is 0 Å². The molecule has 0 aromatic heterocycles. The number of halogens is 1. The molecule has 90 valence electrons. The number of rotatable bonds is 4. The lowest BCUT2D eigenvalue weighted by atomic mass is 10.1. The molecule has 4 nitrogen and oxygen atoms in total. The molecule has 1 aliphatic rings. The van der Waals surface area contributed by atoms with Crippen LogP contribution in [0.4, 0.5) is 0 Å². The van der Waals surface area contributed by atoms with Gasteiger partial charge in [-0.15, -0.1) is 0 Å². The highest BCUT2D eigenvalue weighted by atomic mass is 79.9. The second-order valence-corrected chi connectivity index (χ2v) is 5.12. The van der Waals surface area contributed by atoms with Crippen molar-refractivity contribution in [2.24, 2.45) is 5.41 Å². The molecular formula is C12H12BrNO3. The molecule has 0 atom stereocenters. The number of hydrogen-bond acceptors (Lipinski definition) is 2. The van der Waals surface area contributed by atoms with Gasteiger partial charge in [0.25, 0.3) is 0 Å². The van der Waals surface area contributed by atoms with Gasteiger partial charge in [-0.05, 0) is 30.5 Å². The summed E-state index contributed by atoms with van der Waals surface area (Å²) in [5.74, 6) is -1.41. The largest absolute Gasteiger partial charge is 0.480 e. The SMILES string of the molecule is O=C(O)C1(C(=O)NCc2cccc(Br)c2)CC1. The Hall–Kier alpha value is -1.36. The summed E-state index contributed by atoms with van der Waals surface area (Å²) < 4.78 is 0.934. The fraction of sp³-hybridized carbons (Fsp3) is 0.333. The highest BCUT2D eigenvalue weighted by molar-refractivity contribution is 9.10. The van der Waals surface area contributed by atoms with Gasteiger partial charge in [-0.25, -0.2) is 0 Å². The molecule has 0 unspecified atom stereocenters. The summed E-state index contributed by atoms with van der Waals surface area (Å²) in [6.07, 6.45) is 0.874. The van der Waals surface area contributed by atoms with Crippen LogP contribution in [0.25, 0.3) is 0 Å². The topological polar surface area (TPSA) is 66.4 Å². The van der Waals surface area contributed by atoms with E-state index in [-0.39, 0.29) is 5.91 Å². The molecule has 0 aliphatic heterocycles. The third-order valence-electron chi connectivity index (χ3n) is 2.94. The standard InChI is InChI=1S/C12H12BrNO3/c13-9-3-1-2-8(6-9)7-14-10(15)12(4-5-12)11(16)17/h1-3,6H,4-5,7H2,(H,14,15)(H,16,17). The van der Waals surface area contributed by atoms with Crippen molar-refractivity contribution in [3.8, 4) is 0 Å². The Morgan fingerprint density at radius 3 is 2.65 bits per heavy atom. The molecule has 1 aliphatic carbocycles. The average molecular weight is 298 g/mol. The van der Waals surface area contributed by atoms with Gasteiger partial charge in [-0.3, -0.25) is 9.59 Å². The maximum atomic E-state index is 11.7. The van der Waals surface area contributed by atoms with Gasteiger partial charge < -0.3 is 10.4 Å². The second-order valence-electron chi connectivity index (χ2n) is 4.20. The van der Waals surface area contributed by atoms with Crippen LogP contribution in [0.3, 0.4) is 0 Å². The molecule has 0 radical (unpaired) electrons. The Balaban J connectivity index is 1.95. The maximum Gasteiger partial charge on any atom is 0.319 e. The molecule has 0 spiro atoms. The van der Waals surface area contributed by atoms with E-state index in [9.17, 15) is 9.59 Å². The number of carbonyl (C=O) groups is 2. The van der Waals surface area contributed by atoms with E-state index >= 15 is 0 Å². The molecule has 1 aromatic rings. The molecule has 1 aromatic carbocycles. The zero-order chi connectivity index (χ0) is 12.5. The summed E-state index contributed by atoms with van der Waals surface area (Å²) >= 11 is 3.34. The Kier molecular flexibility index (Phi) is 3.19. The molecule has 17 heavy (non-hydrogen) atoms. The van der Waals surface area contributed by atoms with E-state index in [4.69, 9.17) is 5.11 Å². The van der Waals surface area contributed by atoms with E-state index < -0.39 is 11.4 Å². The van der Waals surface area contributed by atoms with Gasteiger partial charge >= 0.3 is 5.97 Å². The van der Waals surface area contributed by atoms with Crippen LogP contribution in [0.15, 0.2) is 28.7 Å². The third kappa shape index (κ3) is 2.49. The minimum Gasteiger partial charge on any atom is -0.480 e. The maximum absolute atomic E-state index is 11.7. The highest BCUT2D eigenvalue weighted by Gasteiger charge is 2.56. The molecule has 5 heteroatoms. The normalized spacial score (nSPS) is 16.3. The summed E-state index contributed by atoms with van der Waals surface area (Å²) in [6, 6.07) is 7.53. The molecular weight excluding hydrogens is 286 g/mol. The monoisotopic (exact) mass is 297 g/mol. The van der Waals surface area contributed by atoms with Crippen LogP contribution in [0.5, 0.6) is 0 Å². The molecule has 0 heterocycles. The van der Waals surface area contributed by atoms with E-state index in [0.29, 0.717) is 19.4 Å². The quantitative estimate of drug-likeness (QED) is 0.835. The molecule has 1 fully saturated rings. The fourth-order valence-corrected chi connectivity index (χ4v) is 2.11. The number of carbonyl (C=O) groups excluding carboxylic acids is 1. The number of nitrogens with one attached hydrogen (secondary N) is 1. The first-order chi connectivity index (χ1) is 8.04. The van der Waals surface area contributed by atoms with E-state index in [2.05, 4.69) is 21.2 Å². The van der Waals surface area contributed by atoms with Crippen molar-refractivity contribution in [2.75, 3.05) is 0 Å². The predicted octanol–water partition coefficient (Wildman–Crippen LogP) is 1.93. The Bertz CT molecular complexity index is 469. The van der Waals surface area contributed by atoms with Crippen LogP contribution >= 0.6 is 15.9 Å². The van der Waals surface area contributed by atoms with Crippen LogP contribution in [0.2, 0.25) is 0 Å². The number of hydrogen-bond donors (Lipinski definition) is 2. The van der Waals surface area contributed by atoms with E-state index in [1.807, 2.05) is 24.3 Å². The minimum atomic E-state index is -1.16. The number of carboxylic acids is 1. The fourth-order valence-electron chi connectivity index (χ4n) is 1.66. The number of carboxylic acid groups (broad SMARTS) is 1. The van der Waals surface area contributed by atoms with Crippen LogP contribution < -0.4 is 5.32 Å². The third-order valence-corrected chi connectivity index (χ3v) is 3.43. The van der Waals surface area contributed by atoms with Gasteiger partial charge in [-0.2, -0.15) is 0 Å². The van der Waals surface area contributed by atoms with Gasteiger partial charge in [0.1, 0.15) is 5.41 Å². The Labute approximate surface area is 107 Å². The lowest BCUT2D eigenvalue weighted by Crippen LogP contribution is -2.36. The molecule has 1 saturated carbocycles. The van der Waals surface area contributed by atoms with Gasteiger partial charge in [0.15, 0.2) is 0 Å². The predicted molar refractivity (Wildman–Crippen MR) is 65.3 cm³/mol. The molecule has 2 N–H and O–H groups in total. The highest BCUT2D eigenvalue weighted by Crippen LogP contribution is 2.46. The summed E-state index contributed by atoms with van der Waals surface area (Å²) in [5, 5.41) is 11.6. The summed E-state index contributed by atoms with van der Waals surface area (Å²) in [7, 11) is 0. The first-order valence-corrected chi connectivity index (χ1v) is 6.10. The van der Waals surface area contributed by atoms with Crippen LogP contribution in [0.1, 0.15) is 18.4 Å². The summed E-state index contributed by atoms with van der Waals surface area (Å²) in [6.45, 7) is 0.354. The Morgan fingerprint density at radius 1 is 1.41 bits per heavy atom. The average Bonchev–Trinajstić information content (AvgIpc) is 3.07. The zero-order valence-electron chi connectivity index (χ0n) is 9.07. The smallest absolute Gasteiger partial charge is 0.319 e. The number of amides is 1. The van der Waals surface area contributed by atoms with Gasteiger partial charge in [0.05, 0.1) is 0 Å². The molecule has 1 amide bonds. The van der Waals surface area contributed by atoms with Crippen molar-refractivity contribution in [1.82, 2.24) is 5.32 Å². The van der Waals surface area contributed by atoms with Crippen LogP contribution in [-0.2, 0) is 16.1 Å². The van der Waals surface area contributed by atoms with Crippen molar-refractivity contribution in [3.63, 3.8) is 0 Å². The van der Waals surface area contributed by atoms with E-state index in [1.54, 1.807) is 0 Å². The van der Waals surface area contributed by atoms with Crippen LogP contribution in [0, 0.1) is 5.41 Å². The Morgan fingerprint density at radius 2 is 2.12 bits per heavy atom. The minimum absolute atomic E-state index is 0.354. The van der Waals surface area contributed by atoms with E-state index in [0.717, 1.165) is 10.0 Å². The zero-order valence-corrected chi connectivity index (χ0v) is 10.7. The molecule has 2 rings (SSSR count). The van der Waals surface area contributed by atoms with Crippen LogP contribution in [-0.4, -0.2) is 17.0 Å². The summed E-state index contributed by atoms with van der Waals surface area (Å²) in [5.41, 5.74) is -0.222. The van der Waals surface area contributed by atoms with Crippen molar-refractivity contribution >= 4 is 27.8 Å². The van der Waals surface area contributed by atoms with E-state index in [1.165, 1.54) is 0 Å². The summed E-state index contributed by atoms with van der Waals surface area (Å²) in [4.78, 5) is 22.6. The van der Waals surface area contributed by atoms with Gasteiger partial charge in [0.2, 0.25) is 5.91 Å². The van der Waals surface area contributed by atoms with Crippen molar-refractivity contribution in [3.05, 3.63) is 34.3 Å². The lowest BCUT2D eigenvalue weighted by molar-refractivity contribution is -0.149. The molecule has 0 bridgehead atoms.